The minimum absolute atomic E-state index is 0.866. The van der Waals surface area contributed by atoms with Gasteiger partial charge in [0.15, 0.2) is 0 Å². The Labute approximate surface area is 131 Å². The summed E-state index contributed by atoms with van der Waals surface area (Å²) in [5.41, 5.74) is 5.08. The topological polar surface area (TPSA) is 12.0 Å². The molecule has 0 aliphatic heterocycles. The largest absolute Gasteiger partial charge is 0.381 e. The molecule has 0 atom stereocenters. The van der Waals surface area contributed by atoms with Gasteiger partial charge in [-0.15, -0.1) is 11.3 Å². The highest BCUT2D eigenvalue weighted by Crippen LogP contribution is 2.28. The fraction of sp³-hybridized carbons (Fsp3) is 0.176. The molecule has 20 heavy (non-hydrogen) atoms. The normalized spacial score (nSPS) is 10.9. The average molecular weight is 346 g/mol. The molecule has 0 saturated carbocycles. The van der Waals surface area contributed by atoms with E-state index in [2.05, 4.69) is 76.9 Å². The molecule has 0 amide bonds. The predicted octanol–water partition coefficient (Wildman–Crippen LogP) is 5.89. The van der Waals surface area contributed by atoms with E-state index >= 15 is 0 Å². The van der Waals surface area contributed by atoms with E-state index in [1.54, 1.807) is 0 Å². The summed E-state index contributed by atoms with van der Waals surface area (Å²) in [5.74, 6) is 0. The number of hydrogen-bond acceptors (Lipinski definition) is 2. The van der Waals surface area contributed by atoms with Gasteiger partial charge in [0.25, 0.3) is 0 Å². The molecular weight excluding hydrogens is 330 g/mol. The third-order valence-corrected chi connectivity index (χ3v) is 5.74. The Hall–Kier alpha value is -1.32. The Bertz CT molecular complexity index is 738. The van der Waals surface area contributed by atoms with Crippen LogP contribution in [0.1, 0.15) is 16.7 Å². The third-order valence-electron chi connectivity index (χ3n) is 3.48. The van der Waals surface area contributed by atoms with E-state index in [0.717, 1.165) is 6.54 Å². The molecule has 1 nitrogen and oxygen atoms in total. The van der Waals surface area contributed by atoms with Crippen molar-refractivity contribution in [2.45, 2.75) is 20.4 Å². The highest BCUT2D eigenvalue weighted by molar-refractivity contribution is 9.10. The number of rotatable bonds is 3. The Balaban J connectivity index is 1.83. The van der Waals surface area contributed by atoms with Crippen molar-refractivity contribution in [1.82, 2.24) is 0 Å². The zero-order valence-electron chi connectivity index (χ0n) is 11.5. The van der Waals surface area contributed by atoms with E-state index < -0.39 is 0 Å². The van der Waals surface area contributed by atoms with E-state index in [9.17, 15) is 0 Å². The average Bonchev–Trinajstić information content (AvgIpc) is 2.85. The summed E-state index contributed by atoms with van der Waals surface area (Å²) in [5, 5.41) is 7.14. The third kappa shape index (κ3) is 2.60. The van der Waals surface area contributed by atoms with Gasteiger partial charge >= 0.3 is 0 Å². The number of thiophene rings is 1. The molecule has 0 aliphatic rings. The SMILES string of the molecule is Cc1cc(NCc2csc3ccccc23)cc(C)c1Br. The van der Waals surface area contributed by atoms with Gasteiger partial charge in [0.1, 0.15) is 0 Å². The summed E-state index contributed by atoms with van der Waals surface area (Å²) >= 11 is 5.42. The molecule has 0 spiro atoms. The summed E-state index contributed by atoms with van der Waals surface area (Å²) in [7, 11) is 0. The molecule has 0 radical (unpaired) electrons. The number of halogens is 1. The first-order valence-corrected chi connectivity index (χ1v) is 8.28. The summed E-state index contributed by atoms with van der Waals surface area (Å²) in [6, 6.07) is 12.9. The molecule has 3 aromatic rings. The molecule has 3 rings (SSSR count). The summed E-state index contributed by atoms with van der Waals surface area (Å²) in [4.78, 5) is 0. The fourth-order valence-electron chi connectivity index (χ4n) is 2.41. The quantitative estimate of drug-likeness (QED) is 0.623. The monoisotopic (exact) mass is 345 g/mol. The van der Waals surface area contributed by atoms with E-state index in [-0.39, 0.29) is 0 Å². The number of anilines is 1. The molecule has 1 aromatic heterocycles. The molecule has 0 unspecified atom stereocenters. The first kappa shape index (κ1) is 13.7. The van der Waals surface area contributed by atoms with Crippen molar-refractivity contribution in [3.8, 4) is 0 Å². The molecule has 0 aliphatic carbocycles. The van der Waals surface area contributed by atoms with Crippen LogP contribution in [-0.2, 0) is 6.54 Å². The lowest BCUT2D eigenvalue weighted by molar-refractivity contribution is 1.17. The lowest BCUT2D eigenvalue weighted by atomic mass is 10.1. The van der Waals surface area contributed by atoms with Crippen molar-refractivity contribution in [3.05, 3.63) is 62.9 Å². The van der Waals surface area contributed by atoms with Gasteiger partial charge in [-0.2, -0.15) is 0 Å². The maximum atomic E-state index is 3.61. The van der Waals surface area contributed by atoms with E-state index in [1.807, 2.05) is 11.3 Å². The molecule has 102 valence electrons. The van der Waals surface area contributed by atoms with Gasteiger partial charge in [-0.25, -0.2) is 0 Å². The van der Waals surface area contributed by atoms with Crippen molar-refractivity contribution < 1.29 is 0 Å². The van der Waals surface area contributed by atoms with Crippen LogP contribution < -0.4 is 5.32 Å². The lowest BCUT2D eigenvalue weighted by Crippen LogP contribution is -1.99. The maximum Gasteiger partial charge on any atom is 0.0415 e. The summed E-state index contributed by atoms with van der Waals surface area (Å²) < 4.78 is 2.55. The second-order valence-corrected chi connectivity index (χ2v) is 6.74. The fourth-order valence-corrected chi connectivity index (χ4v) is 3.61. The van der Waals surface area contributed by atoms with E-state index in [1.165, 1.54) is 36.9 Å². The molecule has 3 heteroatoms. The Morgan fingerprint density at radius 2 is 1.80 bits per heavy atom. The van der Waals surface area contributed by atoms with Crippen LogP contribution in [0.4, 0.5) is 5.69 Å². The Kier molecular flexibility index (Phi) is 3.81. The van der Waals surface area contributed by atoms with Crippen molar-refractivity contribution in [2.75, 3.05) is 5.32 Å². The predicted molar refractivity (Wildman–Crippen MR) is 92.8 cm³/mol. The summed E-state index contributed by atoms with van der Waals surface area (Å²) in [6.45, 7) is 5.12. The molecule has 0 bridgehead atoms. The van der Waals surface area contributed by atoms with Crippen molar-refractivity contribution in [1.29, 1.82) is 0 Å². The highest BCUT2D eigenvalue weighted by atomic mass is 79.9. The molecular formula is C17H16BrNS. The van der Waals surface area contributed by atoms with Gasteiger partial charge in [0, 0.05) is 21.4 Å². The molecule has 1 N–H and O–H groups in total. The van der Waals surface area contributed by atoms with Gasteiger partial charge in [-0.1, -0.05) is 34.1 Å². The van der Waals surface area contributed by atoms with Crippen LogP contribution in [0.2, 0.25) is 0 Å². The maximum absolute atomic E-state index is 3.61. The Morgan fingerprint density at radius 1 is 1.10 bits per heavy atom. The number of fused-ring (bicyclic) bond motifs is 1. The highest BCUT2D eigenvalue weighted by Gasteiger charge is 2.05. The first-order chi connectivity index (χ1) is 9.65. The number of aryl methyl sites for hydroxylation is 2. The molecule has 1 heterocycles. The zero-order valence-corrected chi connectivity index (χ0v) is 13.9. The van der Waals surface area contributed by atoms with Crippen LogP contribution in [0, 0.1) is 13.8 Å². The van der Waals surface area contributed by atoms with Gasteiger partial charge in [-0.3, -0.25) is 0 Å². The van der Waals surface area contributed by atoms with Crippen molar-refractivity contribution in [2.24, 2.45) is 0 Å². The van der Waals surface area contributed by atoms with Gasteiger partial charge in [0.05, 0.1) is 0 Å². The molecule has 2 aromatic carbocycles. The molecule has 0 fully saturated rings. The van der Waals surface area contributed by atoms with Crippen LogP contribution in [-0.4, -0.2) is 0 Å². The van der Waals surface area contributed by atoms with Crippen LogP contribution in [0.5, 0.6) is 0 Å². The minimum Gasteiger partial charge on any atom is -0.381 e. The van der Waals surface area contributed by atoms with Crippen molar-refractivity contribution in [3.63, 3.8) is 0 Å². The Morgan fingerprint density at radius 3 is 2.55 bits per heavy atom. The standard InChI is InChI=1S/C17H16BrNS/c1-11-7-14(8-12(2)17(11)18)19-9-13-10-20-16-6-4-3-5-15(13)16/h3-8,10,19H,9H2,1-2H3. The van der Waals surface area contributed by atoms with Crippen LogP contribution in [0.25, 0.3) is 10.1 Å². The number of nitrogens with one attached hydrogen (secondary N) is 1. The molecule has 0 saturated heterocycles. The van der Waals surface area contributed by atoms with Crippen LogP contribution in [0.15, 0.2) is 46.3 Å². The lowest BCUT2D eigenvalue weighted by Gasteiger charge is -2.10. The minimum atomic E-state index is 0.866. The van der Waals surface area contributed by atoms with Crippen LogP contribution in [0.3, 0.4) is 0 Å². The van der Waals surface area contributed by atoms with Crippen LogP contribution >= 0.6 is 27.3 Å². The van der Waals surface area contributed by atoms with Gasteiger partial charge < -0.3 is 5.32 Å². The summed E-state index contributed by atoms with van der Waals surface area (Å²) in [6.07, 6.45) is 0. The number of hydrogen-bond donors (Lipinski definition) is 1. The van der Waals surface area contributed by atoms with E-state index in [4.69, 9.17) is 0 Å². The second-order valence-electron chi connectivity index (χ2n) is 5.03. The van der Waals surface area contributed by atoms with Gasteiger partial charge in [0.2, 0.25) is 0 Å². The smallest absolute Gasteiger partial charge is 0.0415 e. The van der Waals surface area contributed by atoms with Crippen molar-refractivity contribution >= 4 is 43.0 Å². The number of benzene rings is 2. The second kappa shape index (κ2) is 5.58. The van der Waals surface area contributed by atoms with Gasteiger partial charge in [-0.05, 0) is 59.5 Å². The first-order valence-electron chi connectivity index (χ1n) is 6.61. The van der Waals surface area contributed by atoms with E-state index in [0.29, 0.717) is 0 Å². The zero-order chi connectivity index (χ0) is 14.1.